The predicted molar refractivity (Wildman–Crippen MR) is 72.9 cm³/mol. The quantitative estimate of drug-likeness (QED) is 0.522. The highest BCUT2D eigenvalue weighted by Crippen LogP contribution is 2.11. The maximum atomic E-state index is 5.35. The molecule has 16 heavy (non-hydrogen) atoms. The van der Waals surface area contributed by atoms with Crippen molar-refractivity contribution in [2.75, 3.05) is 0 Å². The van der Waals surface area contributed by atoms with Gasteiger partial charge >= 0.3 is 0 Å². The van der Waals surface area contributed by atoms with Crippen LogP contribution >= 0.6 is 0 Å². The van der Waals surface area contributed by atoms with E-state index in [0.717, 1.165) is 6.42 Å². The molecule has 0 aromatic carbocycles. The Labute approximate surface area is 101 Å². The third-order valence-electron chi connectivity index (χ3n) is 2.94. The third kappa shape index (κ3) is 13.3. The molecule has 0 atom stereocenters. The van der Waals surface area contributed by atoms with E-state index < -0.39 is 0 Å². The molecule has 0 bridgehead atoms. The Hall–Kier alpha value is -0.660. The van der Waals surface area contributed by atoms with E-state index in [1.807, 2.05) is 6.08 Å². The summed E-state index contributed by atoms with van der Waals surface area (Å²) < 4.78 is 0. The average Bonchev–Trinajstić information content (AvgIpc) is 2.25. The van der Waals surface area contributed by atoms with Gasteiger partial charge < -0.3 is 11.5 Å². The summed E-state index contributed by atoms with van der Waals surface area (Å²) in [6, 6.07) is 0. The second-order valence-electron chi connectivity index (χ2n) is 4.67. The van der Waals surface area contributed by atoms with E-state index in [4.69, 9.17) is 11.5 Å². The summed E-state index contributed by atoms with van der Waals surface area (Å²) in [5.74, 6) is 0.468. The van der Waals surface area contributed by atoms with Crippen LogP contribution in [0.15, 0.2) is 11.9 Å². The second kappa shape index (κ2) is 12.4. The summed E-state index contributed by atoms with van der Waals surface area (Å²) in [4.78, 5) is 0. The van der Waals surface area contributed by atoms with Crippen molar-refractivity contribution in [1.82, 2.24) is 0 Å². The van der Waals surface area contributed by atoms with E-state index in [1.165, 1.54) is 64.2 Å². The van der Waals surface area contributed by atoms with Gasteiger partial charge in [-0.05, 0) is 18.9 Å². The standard InChI is InChI=1S/C14H30N2/c1-2-3-4-5-6-7-8-9-10-11-12-13-14(15)16/h13H,2-12,15-16H2,1H3. The molecule has 0 fully saturated rings. The minimum atomic E-state index is 0.468. The van der Waals surface area contributed by atoms with Crippen molar-refractivity contribution in [1.29, 1.82) is 0 Å². The van der Waals surface area contributed by atoms with Crippen LogP contribution in [0.4, 0.5) is 0 Å². The van der Waals surface area contributed by atoms with Crippen molar-refractivity contribution in [3.63, 3.8) is 0 Å². The summed E-state index contributed by atoms with van der Waals surface area (Å²) in [5, 5.41) is 0. The zero-order valence-electron chi connectivity index (χ0n) is 11.0. The normalized spacial score (nSPS) is 10.3. The lowest BCUT2D eigenvalue weighted by atomic mass is 10.1. The van der Waals surface area contributed by atoms with Crippen LogP contribution in [0.1, 0.15) is 77.6 Å². The van der Waals surface area contributed by atoms with Crippen LogP contribution in [0.5, 0.6) is 0 Å². The Balaban J connectivity index is 2.96. The number of unbranched alkanes of at least 4 members (excludes halogenated alkanes) is 10. The fraction of sp³-hybridized carbons (Fsp3) is 0.857. The van der Waals surface area contributed by atoms with Gasteiger partial charge in [-0.3, -0.25) is 0 Å². The van der Waals surface area contributed by atoms with E-state index in [9.17, 15) is 0 Å². The molecule has 96 valence electrons. The first-order valence-electron chi connectivity index (χ1n) is 6.98. The van der Waals surface area contributed by atoms with Gasteiger partial charge in [0, 0.05) is 0 Å². The number of nitrogens with two attached hydrogens (primary N) is 2. The van der Waals surface area contributed by atoms with E-state index in [1.54, 1.807) is 0 Å². The smallest absolute Gasteiger partial charge is 0.0892 e. The van der Waals surface area contributed by atoms with Crippen LogP contribution in [-0.4, -0.2) is 0 Å². The van der Waals surface area contributed by atoms with Gasteiger partial charge in [-0.2, -0.15) is 0 Å². The summed E-state index contributed by atoms with van der Waals surface area (Å²) in [5.41, 5.74) is 10.7. The van der Waals surface area contributed by atoms with Gasteiger partial charge in [-0.25, -0.2) is 0 Å². The zero-order chi connectivity index (χ0) is 12.1. The average molecular weight is 226 g/mol. The fourth-order valence-corrected chi connectivity index (χ4v) is 1.90. The van der Waals surface area contributed by atoms with Crippen LogP contribution in [0, 0.1) is 0 Å². The minimum Gasteiger partial charge on any atom is -0.386 e. The first kappa shape index (κ1) is 15.3. The molecule has 0 aliphatic carbocycles. The van der Waals surface area contributed by atoms with Crippen molar-refractivity contribution in [2.45, 2.75) is 77.6 Å². The molecule has 0 aromatic rings. The molecular weight excluding hydrogens is 196 g/mol. The number of hydrogen-bond acceptors (Lipinski definition) is 2. The first-order chi connectivity index (χ1) is 7.77. The lowest BCUT2D eigenvalue weighted by Gasteiger charge is -2.01. The molecule has 0 amide bonds. The molecule has 0 unspecified atom stereocenters. The number of rotatable bonds is 11. The molecular formula is C14H30N2. The molecule has 0 saturated heterocycles. The van der Waals surface area contributed by atoms with Gasteiger partial charge in [0.15, 0.2) is 0 Å². The fourth-order valence-electron chi connectivity index (χ4n) is 1.90. The van der Waals surface area contributed by atoms with E-state index in [0.29, 0.717) is 5.82 Å². The minimum absolute atomic E-state index is 0.468. The summed E-state index contributed by atoms with van der Waals surface area (Å²) in [6.07, 6.45) is 16.7. The largest absolute Gasteiger partial charge is 0.386 e. The molecule has 0 rings (SSSR count). The molecule has 2 heteroatoms. The van der Waals surface area contributed by atoms with E-state index >= 15 is 0 Å². The van der Waals surface area contributed by atoms with Crippen molar-refractivity contribution in [3.8, 4) is 0 Å². The van der Waals surface area contributed by atoms with Crippen molar-refractivity contribution in [3.05, 3.63) is 11.9 Å². The van der Waals surface area contributed by atoms with Crippen LogP contribution in [-0.2, 0) is 0 Å². The Morgan fingerprint density at radius 3 is 1.62 bits per heavy atom. The molecule has 0 spiro atoms. The summed E-state index contributed by atoms with van der Waals surface area (Å²) in [7, 11) is 0. The van der Waals surface area contributed by atoms with Gasteiger partial charge in [0.05, 0.1) is 5.82 Å². The molecule has 0 saturated carbocycles. The first-order valence-corrected chi connectivity index (χ1v) is 6.98. The van der Waals surface area contributed by atoms with Gasteiger partial charge in [-0.1, -0.05) is 64.7 Å². The van der Waals surface area contributed by atoms with Crippen molar-refractivity contribution in [2.24, 2.45) is 11.5 Å². The van der Waals surface area contributed by atoms with Crippen LogP contribution in [0.2, 0.25) is 0 Å². The van der Waals surface area contributed by atoms with Gasteiger partial charge in [0.1, 0.15) is 0 Å². The topological polar surface area (TPSA) is 52.0 Å². The zero-order valence-corrected chi connectivity index (χ0v) is 11.0. The summed E-state index contributed by atoms with van der Waals surface area (Å²) >= 11 is 0. The van der Waals surface area contributed by atoms with Crippen molar-refractivity contribution >= 4 is 0 Å². The maximum absolute atomic E-state index is 5.35. The summed E-state index contributed by atoms with van der Waals surface area (Å²) in [6.45, 7) is 2.27. The van der Waals surface area contributed by atoms with Gasteiger partial charge in [0.25, 0.3) is 0 Å². The van der Waals surface area contributed by atoms with Gasteiger partial charge in [-0.15, -0.1) is 0 Å². The van der Waals surface area contributed by atoms with E-state index in [2.05, 4.69) is 6.92 Å². The Morgan fingerprint density at radius 1 is 0.750 bits per heavy atom. The highest BCUT2D eigenvalue weighted by molar-refractivity contribution is 4.89. The number of allylic oxidation sites excluding steroid dienone is 1. The monoisotopic (exact) mass is 226 g/mol. The molecule has 0 aromatic heterocycles. The highest BCUT2D eigenvalue weighted by atomic mass is 14.8. The van der Waals surface area contributed by atoms with Crippen LogP contribution < -0.4 is 11.5 Å². The lowest BCUT2D eigenvalue weighted by Crippen LogP contribution is -2.07. The highest BCUT2D eigenvalue weighted by Gasteiger charge is 1.92. The molecule has 0 heterocycles. The molecule has 0 aliphatic heterocycles. The third-order valence-corrected chi connectivity index (χ3v) is 2.94. The second-order valence-corrected chi connectivity index (χ2v) is 4.67. The predicted octanol–water partition coefficient (Wildman–Crippen LogP) is 4.06. The Kier molecular flexibility index (Phi) is 11.9. The van der Waals surface area contributed by atoms with Crippen molar-refractivity contribution < 1.29 is 0 Å². The number of hydrogen-bond donors (Lipinski definition) is 2. The van der Waals surface area contributed by atoms with E-state index in [-0.39, 0.29) is 0 Å². The SMILES string of the molecule is CCCCCCCCCCCCC=C(N)N. The Bertz CT molecular complexity index is 160. The Morgan fingerprint density at radius 2 is 1.19 bits per heavy atom. The van der Waals surface area contributed by atoms with Gasteiger partial charge in [0.2, 0.25) is 0 Å². The van der Waals surface area contributed by atoms with Crippen LogP contribution in [0.3, 0.4) is 0 Å². The maximum Gasteiger partial charge on any atom is 0.0892 e. The molecule has 2 nitrogen and oxygen atoms in total. The van der Waals surface area contributed by atoms with Crippen LogP contribution in [0.25, 0.3) is 0 Å². The molecule has 0 radical (unpaired) electrons. The lowest BCUT2D eigenvalue weighted by molar-refractivity contribution is 0.557. The molecule has 4 N–H and O–H groups in total. The molecule has 0 aliphatic rings.